The molecule has 0 saturated carbocycles. The molecular formula is C24H28N4O4S. The van der Waals surface area contributed by atoms with Crippen LogP contribution < -0.4 is 9.47 Å². The van der Waals surface area contributed by atoms with E-state index in [2.05, 4.69) is 9.97 Å². The van der Waals surface area contributed by atoms with E-state index in [-0.39, 0.29) is 18.5 Å². The van der Waals surface area contributed by atoms with E-state index < -0.39 is 10.0 Å². The lowest BCUT2D eigenvalue weighted by Crippen LogP contribution is -2.39. The van der Waals surface area contributed by atoms with E-state index >= 15 is 0 Å². The van der Waals surface area contributed by atoms with Crippen molar-refractivity contribution in [1.29, 1.82) is 0 Å². The van der Waals surface area contributed by atoms with Gasteiger partial charge >= 0.3 is 0 Å². The molecule has 3 aromatic rings. The first-order valence-electron chi connectivity index (χ1n) is 11.4. The molecule has 0 unspecified atom stereocenters. The Morgan fingerprint density at radius 3 is 2.70 bits per heavy atom. The van der Waals surface area contributed by atoms with Crippen LogP contribution in [0.4, 0.5) is 0 Å². The number of fused-ring (bicyclic) bond motifs is 1. The van der Waals surface area contributed by atoms with E-state index in [1.807, 2.05) is 43.3 Å². The summed E-state index contributed by atoms with van der Waals surface area (Å²) >= 11 is 0. The molecule has 9 heteroatoms. The predicted molar refractivity (Wildman–Crippen MR) is 126 cm³/mol. The summed E-state index contributed by atoms with van der Waals surface area (Å²) in [6.45, 7) is 3.28. The van der Waals surface area contributed by atoms with Gasteiger partial charge in [-0.2, -0.15) is 0 Å². The smallest absolute Gasteiger partial charge is 0.231 e. The minimum Gasteiger partial charge on any atom is -0.454 e. The zero-order valence-corrected chi connectivity index (χ0v) is 19.5. The van der Waals surface area contributed by atoms with Crippen LogP contribution in [0.25, 0.3) is 22.6 Å². The molecule has 0 atom stereocenters. The molecule has 0 amide bonds. The lowest BCUT2D eigenvalue weighted by molar-refractivity contribution is 0.174. The van der Waals surface area contributed by atoms with Crippen molar-refractivity contribution in [3.05, 3.63) is 48.4 Å². The number of sulfonamides is 1. The van der Waals surface area contributed by atoms with Gasteiger partial charge in [-0.3, -0.25) is 4.98 Å². The minimum atomic E-state index is -3.18. The standard InChI is InChI=1S/C24H28N4O4S/c1-2-3-14-33(29,30)28-12-9-17(10-13-28)24-26-22(23(27-24)19-6-4-5-11-25-19)18-7-8-20-21(15-18)32-16-31-20/h4-8,11,15,17H,2-3,9-10,12-14,16H2,1H3,(H,26,27). The molecule has 0 radical (unpaired) electrons. The Morgan fingerprint density at radius 2 is 1.94 bits per heavy atom. The quantitative estimate of drug-likeness (QED) is 0.559. The van der Waals surface area contributed by atoms with Crippen molar-refractivity contribution in [3.8, 4) is 34.1 Å². The normalized spacial score (nSPS) is 16.9. The highest BCUT2D eigenvalue weighted by molar-refractivity contribution is 7.89. The molecular weight excluding hydrogens is 440 g/mol. The van der Waals surface area contributed by atoms with Crippen molar-refractivity contribution in [2.45, 2.75) is 38.5 Å². The summed E-state index contributed by atoms with van der Waals surface area (Å²) in [5.74, 6) is 2.69. The van der Waals surface area contributed by atoms with Crippen molar-refractivity contribution < 1.29 is 17.9 Å². The summed E-state index contributed by atoms with van der Waals surface area (Å²) in [6, 6.07) is 11.6. The second-order valence-electron chi connectivity index (χ2n) is 8.47. The Hall–Kier alpha value is -2.91. The molecule has 5 rings (SSSR count). The number of imidazole rings is 1. The second kappa shape index (κ2) is 9.15. The summed E-state index contributed by atoms with van der Waals surface area (Å²) in [4.78, 5) is 13.0. The summed E-state index contributed by atoms with van der Waals surface area (Å²) in [7, 11) is -3.18. The summed E-state index contributed by atoms with van der Waals surface area (Å²) in [5.41, 5.74) is 3.38. The van der Waals surface area contributed by atoms with Gasteiger partial charge in [0.05, 0.1) is 22.8 Å². The first kappa shape index (κ1) is 21.9. The number of nitrogens with zero attached hydrogens (tertiary/aromatic N) is 3. The monoisotopic (exact) mass is 468 g/mol. The molecule has 2 aromatic heterocycles. The van der Waals surface area contributed by atoms with Gasteiger partial charge in [-0.05, 0) is 49.6 Å². The number of unbranched alkanes of at least 4 members (excludes halogenated alkanes) is 1. The van der Waals surface area contributed by atoms with Crippen molar-refractivity contribution in [3.63, 3.8) is 0 Å². The number of hydrogen-bond acceptors (Lipinski definition) is 6. The molecule has 1 fully saturated rings. The molecule has 8 nitrogen and oxygen atoms in total. The van der Waals surface area contributed by atoms with E-state index in [1.165, 1.54) is 0 Å². The van der Waals surface area contributed by atoms with Crippen molar-refractivity contribution in [2.75, 3.05) is 25.6 Å². The summed E-state index contributed by atoms with van der Waals surface area (Å²) in [5, 5.41) is 0. The zero-order chi connectivity index (χ0) is 22.8. The van der Waals surface area contributed by atoms with Crippen LogP contribution in [-0.2, 0) is 10.0 Å². The van der Waals surface area contributed by atoms with Crippen LogP contribution in [0.2, 0.25) is 0 Å². The largest absolute Gasteiger partial charge is 0.454 e. The molecule has 2 aliphatic heterocycles. The molecule has 0 bridgehead atoms. The maximum absolute atomic E-state index is 12.6. The van der Waals surface area contributed by atoms with Gasteiger partial charge in [0.25, 0.3) is 0 Å². The maximum Gasteiger partial charge on any atom is 0.231 e. The fourth-order valence-electron chi connectivity index (χ4n) is 4.40. The second-order valence-corrected chi connectivity index (χ2v) is 10.6. The molecule has 4 heterocycles. The summed E-state index contributed by atoms with van der Waals surface area (Å²) in [6.07, 6.45) is 4.81. The average molecular weight is 469 g/mol. The third-order valence-corrected chi connectivity index (χ3v) is 8.24. The van der Waals surface area contributed by atoms with E-state index in [0.717, 1.165) is 53.5 Å². The average Bonchev–Trinajstić information content (AvgIpc) is 3.50. The zero-order valence-electron chi connectivity index (χ0n) is 18.7. The first-order valence-corrected chi connectivity index (χ1v) is 13.0. The minimum absolute atomic E-state index is 0.160. The van der Waals surface area contributed by atoms with Crippen LogP contribution in [0, 0.1) is 0 Å². The lowest BCUT2D eigenvalue weighted by atomic mass is 9.97. The van der Waals surface area contributed by atoms with Crippen LogP contribution in [0.5, 0.6) is 11.5 Å². The maximum atomic E-state index is 12.6. The highest BCUT2D eigenvalue weighted by Crippen LogP contribution is 2.39. The molecule has 1 saturated heterocycles. The van der Waals surface area contributed by atoms with E-state index in [1.54, 1.807) is 10.5 Å². The molecule has 174 valence electrons. The highest BCUT2D eigenvalue weighted by Gasteiger charge is 2.30. The van der Waals surface area contributed by atoms with Crippen LogP contribution >= 0.6 is 0 Å². The van der Waals surface area contributed by atoms with E-state index in [0.29, 0.717) is 25.3 Å². The van der Waals surface area contributed by atoms with Gasteiger partial charge in [0.1, 0.15) is 5.82 Å². The molecule has 2 aliphatic rings. The van der Waals surface area contributed by atoms with Gasteiger partial charge < -0.3 is 14.5 Å². The molecule has 1 N–H and O–H groups in total. The van der Waals surface area contributed by atoms with Gasteiger partial charge in [-0.1, -0.05) is 19.4 Å². The number of ether oxygens (including phenoxy) is 2. The predicted octanol–water partition coefficient (Wildman–Crippen LogP) is 4.18. The van der Waals surface area contributed by atoms with E-state index in [9.17, 15) is 8.42 Å². The Balaban J connectivity index is 1.43. The molecule has 0 spiro atoms. The number of aromatic amines is 1. The van der Waals surface area contributed by atoms with Gasteiger partial charge in [-0.15, -0.1) is 0 Å². The van der Waals surface area contributed by atoms with Gasteiger partial charge in [0.2, 0.25) is 16.8 Å². The van der Waals surface area contributed by atoms with E-state index in [4.69, 9.17) is 14.5 Å². The number of piperidine rings is 1. The SMILES string of the molecule is CCCCS(=O)(=O)N1CCC(c2nc(-c3ccc4c(c3)OCO4)c(-c3ccccn3)[nH]2)CC1. The van der Waals surface area contributed by atoms with Gasteiger partial charge in [-0.25, -0.2) is 17.7 Å². The molecule has 1 aromatic carbocycles. The number of pyridine rings is 1. The van der Waals surface area contributed by atoms with Gasteiger partial charge in [0.15, 0.2) is 11.5 Å². The van der Waals surface area contributed by atoms with Gasteiger partial charge in [0, 0.05) is 30.8 Å². The Kier molecular flexibility index (Phi) is 6.07. The first-order chi connectivity index (χ1) is 16.0. The topological polar surface area (TPSA) is 97.4 Å². The Morgan fingerprint density at radius 1 is 1.12 bits per heavy atom. The third-order valence-electron chi connectivity index (χ3n) is 6.28. The number of H-pyrrole nitrogens is 1. The Labute approximate surface area is 194 Å². The summed E-state index contributed by atoms with van der Waals surface area (Å²) < 4.78 is 37.8. The highest BCUT2D eigenvalue weighted by atomic mass is 32.2. The van der Waals surface area contributed by atoms with Crippen LogP contribution in [0.15, 0.2) is 42.6 Å². The fourth-order valence-corrected chi connectivity index (χ4v) is 6.08. The van der Waals surface area contributed by atoms with Crippen LogP contribution in [-0.4, -0.2) is 53.3 Å². The number of rotatable bonds is 7. The Bertz CT molecular complexity index is 1220. The number of benzene rings is 1. The van der Waals surface area contributed by atoms with Crippen molar-refractivity contribution in [2.24, 2.45) is 0 Å². The number of nitrogens with one attached hydrogen (secondary N) is 1. The molecule has 33 heavy (non-hydrogen) atoms. The number of hydrogen-bond donors (Lipinski definition) is 1. The van der Waals surface area contributed by atoms with Crippen molar-refractivity contribution in [1.82, 2.24) is 19.3 Å². The lowest BCUT2D eigenvalue weighted by Gasteiger charge is -2.30. The molecule has 0 aliphatic carbocycles. The number of aromatic nitrogens is 3. The fraction of sp³-hybridized carbons (Fsp3) is 0.417. The van der Waals surface area contributed by atoms with Crippen LogP contribution in [0.3, 0.4) is 0 Å². The van der Waals surface area contributed by atoms with Crippen LogP contribution in [0.1, 0.15) is 44.3 Å². The third kappa shape index (κ3) is 4.47. The van der Waals surface area contributed by atoms with Crippen molar-refractivity contribution >= 4 is 10.0 Å².